The van der Waals surface area contributed by atoms with Crippen LogP contribution >= 0.6 is 0 Å². The minimum Gasteiger partial charge on any atom is -0.481 e. The summed E-state index contributed by atoms with van der Waals surface area (Å²) in [7, 11) is 0. The topological polar surface area (TPSA) is 66.4 Å². The maximum atomic E-state index is 11.5. The van der Waals surface area contributed by atoms with Crippen LogP contribution in [0.2, 0.25) is 0 Å². The average molecular weight is 275 g/mol. The van der Waals surface area contributed by atoms with Crippen molar-refractivity contribution in [3.8, 4) is 0 Å². The fraction of sp³-hybridized carbons (Fsp3) is 0.375. The molecule has 0 saturated heterocycles. The maximum Gasteiger partial charge on any atom is 0.308 e. The van der Waals surface area contributed by atoms with E-state index in [-0.39, 0.29) is 12.5 Å². The number of benzene rings is 1. The number of carbonyl (C=O) groups is 2. The predicted octanol–water partition coefficient (Wildman–Crippen LogP) is 2.32. The Bertz CT molecular complexity index is 516. The van der Waals surface area contributed by atoms with Gasteiger partial charge in [-0.2, -0.15) is 0 Å². The Morgan fingerprint density at radius 1 is 1.30 bits per heavy atom. The van der Waals surface area contributed by atoms with Crippen molar-refractivity contribution < 1.29 is 14.7 Å². The minimum atomic E-state index is -0.897. The smallest absolute Gasteiger partial charge is 0.308 e. The van der Waals surface area contributed by atoms with Crippen molar-refractivity contribution in [2.24, 2.45) is 5.92 Å². The summed E-state index contributed by atoms with van der Waals surface area (Å²) in [5.41, 5.74) is 2.94. The van der Waals surface area contributed by atoms with Crippen LogP contribution in [0.5, 0.6) is 0 Å². The normalized spacial score (nSPS) is 11.6. The van der Waals surface area contributed by atoms with Crippen molar-refractivity contribution in [2.45, 2.75) is 27.2 Å². The molecular weight excluding hydrogens is 254 g/mol. The van der Waals surface area contributed by atoms with Crippen LogP contribution in [0, 0.1) is 12.8 Å². The third-order valence-corrected chi connectivity index (χ3v) is 3.02. The SMILES string of the molecule is CC(C)=CC(=O)NC[C@H](Cc1ccccc1C)C(=O)O. The number of hydrogen-bond acceptors (Lipinski definition) is 2. The van der Waals surface area contributed by atoms with Crippen LogP contribution < -0.4 is 5.32 Å². The molecule has 4 heteroatoms. The monoisotopic (exact) mass is 275 g/mol. The number of carbonyl (C=O) groups excluding carboxylic acids is 1. The highest BCUT2D eigenvalue weighted by atomic mass is 16.4. The number of rotatable bonds is 6. The molecule has 0 unspecified atom stereocenters. The summed E-state index contributed by atoms with van der Waals surface area (Å²) < 4.78 is 0. The number of nitrogens with one attached hydrogen (secondary N) is 1. The molecule has 0 fully saturated rings. The quantitative estimate of drug-likeness (QED) is 0.783. The maximum absolute atomic E-state index is 11.5. The van der Waals surface area contributed by atoms with Crippen LogP contribution in [0.3, 0.4) is 0 Å². The highest BCUT2D eigenvalue weighted by Crippen LogP contribution is 2.13. The molecule has 0 aromatic heterocycles. The van der Waals surface area contributed by atoms with E-state index in [0.717, 1.165) is 16.7 Å². The first-order valence-electron chi connectivity index (χ1n) is 6.60. The molecule has 20 heavy (non-hydrogen) atoms. The molecule has 0 radical (unpaired) electrons. The predicted molar refractivity (Wildman–Crippen MR) is 78.4 cm³/mol. The van der Waals surface area contributed by atoms with Gasteiger partial charge in [-0.05, 0) is 38.3 Å². The Morgan fingerprint density at radius 3 is 2.50 bits per heavy atom. The average Bonchev–Trinajstić information content (AvgIpc) is 2.35. The number of amides is 1. The highest BCUT2D eigenvalue weighted by molar-refractivity contribution is 5.88. The number of hydrogen-bond donors (Lipinski definition) is 2. The van der Waals surface area contributed by atoms with Crippen LogP contribution in [-0.4, -0.2) is 23.5 Å². The molecule has 1 aromatic rings. The molecule has 0 aliphatic carbocycles. The lowest BCUT2D eigenvalue weighted by atomic mass is 9.96. The fourth-order valence-corrected chi connectivity index (χ4v) is 1.89. The van der Waals surface area contributed by atoms with Gasteiger partial charge in [-0.1, -0.05) is 29.8 Å². The van der Waals surface area contributed by atoms with Crippen molar-refractivity contribution in [1.29, 1.82) is 0 Å². The van der Waals surface area contributed by atoms with Gasteiger partial charge in [0.25, 0.3) is 0 Å². The summed E-state index contributed by atoms with van der Waals surface area (Å²) >= 11 is 0. The van der Waals surface area contributed by atoms with Gasteiger partial charge in [0.15, 0.2) is 0 Å². The molecule has 0 bridgehead atoms. The molecule has 1 atom stereocenters. The van der Waals surface area contributed by atoms with E-state index in [2.05, 4.69) is 5.32 Å². The standard InChI is InChI=1S/C16H21NO3/c1-11(2)8-15(18)17-10-14(16(19)20)9-13-7-5-4-6-12(13)3/h4-8,14H,9-10H2,1-3H3,(H,17,18)(H,19,20)/t14-/m0/s1. The third kappa shape index (κ3) is 5.26. The van der Waals surface area contributed by atoms with E-state index in [1.54, 1.807) is 0 Å². The zero-order valence-corrected chi connectivity index (χ0v) is 12.1. The Kier molecular flexibility index (Phi) is 5.97. The first-order chi connectivity index (χ1) is 9.40. The van der Waals surface area contributed by atoms with Gasteiger partial charge in [0.1, 0.15) is 0 Å². The molecule has 2 N–H and O–H groups in total. The van der Waals surface area contributed by atoms with Crippen molar-refractivity contribution >= 4 is 11.9 Å². The first-order valence-corrected chi connectivity index (χ1v) is 6.60. The van der Waals surface area contributed by atoms with Gasteiger partial charge in [0, 0.05) is 12.6 Å². The molecule has 1 aromatic carbocycles. The van der Waals surface area contributed by atoms with E-state index < -0.39 is 11.9 Å². The molecule has 0 heterocycles. The van der Waals surface area contributed by atoms with E-state index in [1.165, 1.54) is 6.08 Å². The lowest BCUT2D eigenvalue weighted by molar-refractivity contribution is -0.141. The molecule has 0 spiro atoms. The van der Waals surface area contributed by atoms with Crippen LogP contribution in [0.1, 0.15) is 25.0 Å². The van der Waals surface area contributed by atoms with Crippen LogP contribution in [0.25, 0.3) is 0 Å². The summed E-state index contributed by atoms with van der Waals surface area (Å²) in [5, 5.41) is 11.9. The molecule has 108 valence electrons. The fourth-order valence-electron chi connectivity index (χ4n) is 1.89. The number of carboxylic acid groups (broad SMARTS) is 1. The van der Waals surface area contributed by atoms with Gasteiger partial charge in [0.05, 0.1) is 5.92 Å². The zero-order valence-electron chi connectivity index (χ0n) is 12.1. The van der Waals surface area contributed by atoms with Gasteiger partial charge in [-0.3, -0.25) is 9.59 Å². The molecule has 1 amide bonds. The molecule has 4 nitrogen and oxygen atoms in total. The largest absolute Gasteiger partial charge is 0.481 e. The van der Waals surface area contributed by atoms with Gasteiger partial charge < -0.3 is 10.4 Å². The van der Waals surface area contributed by atoms with Gasteiger partial charge in [-0.25, -0.2) is 0 Å². The Morgan fingerprint density at radius 2 is 1.95 bits per heavy atom. The van der Waals surface area contributed by atoms with Crippen LogP contribution in [-0.2, 0) is 16.0 Å². The summed E-state index contributed by atoms with van der Waals surface area (Å²) in [4.78, 5) is 22.8. The van der Waals surface area contributed by atoms with Gasteiger partial charge >= 0.3 is 5.97 Å². The Labute approximate surface area is 119 Å². The lowest BCUT2D eigenvalue weighted by Crippen LogP contribution is -2.33. The van der Waals surface area contributed by atoms with Crippen molar-refractivity contribution in [3.05, 3.63) is 47.0 Å². The highest BCUT2D eigenvalue weighted by Gasteiger charge is 2.19. The summed E-state index contributed by atoms with van der Waals surface area (Å²) in [6.45, 7) is 5.73. The number of allylic oxidation sites excluding steroid dienone is 1. The summed E-state index contributed by atoms with van der Waals surface area (Å²) in [6, 6.07) is 7.69. The van der Waals surface area contributed by atoms with E-state index in [1.807, 2.05) is 45.0 Å². The number of aryl methyl sites for hydroxylation is 1. The van der Waals surface area contributed by atoms with Crippen molar-refractivity contribution in [3.63, 3.8) is 0 Å². The minimum absolute atomic E-state index is 0.131. The van der Waals surface area contributed by atoms with Crippen molar-refractivity contribution in [1.82, 2.24) is 5.32 Å². The Balaban J connectivity index is 2.67. The third-order valence-electron chi connectivity index (χ3n) is 3.02. The molecule has 0 saturated carbocycles. The van der Waals surface area contributed by atoms with Crippen LogP contribution in [0.15, 0.2) is 35.9 Å². The second kappa shape index (κ2) is 7.48. The molecule has 0 aliphatic heterocycles. The Hall–Kier alpha value is -2.10. The number of carboxylic acids is 1. The second-order valence-electron chi connectivity index (χ2n) is 5.13. The van der Waals surface area contributed by atoms with Crippen molar-refractivity contribution in [2.75, 3.05) is 6.54 Å². The number of aliphatic carboxylic acids is 1. The molecular formula is C16H21NO3. The first kappa shape index (κ1) is 16.0. The van der Waals surface area contributed by atoms with Gasteiger partial charge in [0.2, 0.25) is 5.91 Å². The molecule has 0 aliphatic rings. The summed E-state index contributed by atoms with van der Waals surface area (Å²) in [6.07, 6.45) is 1.88. The van der Waals surface area contributed by atoms with Gasteiger partial charge in [-0.15, -0.1) is 0 Å². The van der Waals surface area contributed by atoms with E-state index in [9.17, 15) is 14.7 Å². The zero-order chi connectivity index (χ0) is 15.1. The second-order valence-corrected chi connectivity index (χ2v) is 5.13. The lowest BCUT2D eigenvalue weighted by Gasteiger charge is -2.14. The molecule has 1 rings (SSSR count). The van der Waals surface area contributed by atoms with E-state index in [0.29, 0.717) is 6.42 Å². The van der Waals surface area contributed by atoms with E-state index >= 15 is 0 Å². The summed E-state index contributed by atoms with van der Waals surface area (Å²) in [5.74, 6) is -1.77. The van der Waals surface area contributed by atoms with Crippen LogP contribution in [0.4, 0.5) is 0 Å². The van der Waals surface area contributed by atoms with E-state index in [4.69, 9.17) is 0 Å².